The Morgan fingerprint density at radius 3 is 2.76 bits per heavy atom. The molecule has 4 aromatic rings. The number of aryl methyl sites for hydroxylation is 1. The number of nitro benzene ring substituents is 1. The second-order valence-corrected chi connectivity index (χ2v) is 8.28. The topological polar surface area (TPSA) is 97.7 Å². The normalized spacial score (nSPS) is 12.1. The number of rotatable bonds is 7. The summed E-state index contributed by atoms with van der Waals surface area (Å²) in [5.41, 5.74) is 3.78. The molecule has 5 rings (SSSR count). The van der Waals surface area contributed by atoms with Crippen LogP contribution in [0.1, 0.15) is 27.0 Å². The molecule has 34 heavy (non-hydrogen) atoms. The first-order chi connectivity index (χ1) is 16.5. The molecule has 172 valence electrons. The Morgan fingerprint density at radius 2 is 1.91 bits per heavy atom. The maximum Gasteiger partial charge on any atom is 0.273 e. The minimum absolute atomic E-state index is 0.0643. The van der Waals surface area contributed by atoms with E-state index in [1.807, 2.05) is 42.6 Å². The summed E-state index contributed by atoms with van der Waals surface area (Å²) in [5, 5.41) is 12.5. The van der Waals surface area contributed by atoms with E-state index in [9.17, 15) is 14.9 Å². The average molecular weight is 457 g/mol. The van der Waals surface area contributed by atoms with Gasteiger partial charge >= 0.3 is 0 Å². The first-order valence-corrected chi connectivity index (χ1v) is 11.0. The zero-order chi connectivity index (χ0) is 23.7. The number of fused-ring (bicyclic) bond motifs is 2. The molecule has 0 spiro atoms. The molecule has 8 heteroatoms. The summed E-state index contributed by atoms with van der Waals surface area (Å²) in [6.45, 7) is 2.61. The molecule has 0 radical (unpaired) electrons. The van der Waals surface area contributed by atoms with Gasteiger partial charge in [-0.05, 0) is 48.7 Å². The molecular weight excluding hydrogens is 434 g/mol. The number of carbonyl (C=O) groups is 1. The van der Waals surface area contributed by atoms with Gasteiger partial charge in [-0.3, -0.25) is 14.9 Å². The van der Waals surface area contributed by atoms with Gasteiger partial charge in [0.2, 0.25) is 6.79 Å². The standard InChI is InChI=1S/C26H23N3O5/c1-17-6-8-19(13-23(17)29(31)32)26(30)28(15-18-7-9-24-25(12-18)34-16-33-24)11-10-20-14-27-22-5-3-2-4-21(20)22/h2-9,12-14,27H,10-11,15-16H2,1H3. The lowest BCUT2D eigenvalue weighted by atomic mass is 10.1. The second kappa shape index (κ2) is 8.90. The quantitative estimate of drug-likeness (QED) is 0.311. The van der Waals surface area contributed by atoms with Crippen LogP contribution in [0, 0.1) is 17.0 Å². The molecule has 1 aliphatic rings. The molecule has 1 aliphatic heterocycles. The lowest BCUT2D eigenvalue weighted by molar-refractivity contribution is -0.385. The van der Waals surface area contributed by atoms with Gasteiger partial charge in [-0.1, -0.05) is 30.3 Å². The van der Waals surface area contributed by atoms with Crippen molar-refractivity contribution in [3.05, 3.63) is 99.2 Å². The van der Waals surface area contributed by atoms with Crippen LogP contribution in [-0.4, -0.2) is 34.1 Å². The number of benzene rings is 3. The monoisotopic (exact) mass is 457 g/mol. The third-order valence-corrected chi connectivity index (χ3v) is 6.08. The molecule has 2 heterocycles. The summed E-state index contributed by atoms with van der Waals surface area (Å²) >= 11 is 0. The van der Waals surface area contributed by atoms with Crippen LogP contribution in [-0.2, 0) is 13.0 Å². The number of nitrogens with one attached hydrogen (secondary N) is 1. The fourth-order valence-corrected chi connectivity index (χ4v) is 4.23. The largest absolute Gasteiger partial charge is 0.454 e. The number of ether oxygens (including phenoxy) is 2. The predicted molar refractivity (Wildman–Crippen MR) is 127 cm³/mol. The number of aromatic amines is 1. The highest BCUT2D eigenvalue weighted by Crippen LogP contribution is 2.33. The molecule has 0 atom stereocenters. The number of amides is 1. The van der Waals surface area contributed by atoms with Crippen LogP contribution < -0.4 is 9.47 Å². The SMILES string of the molecule is Cc1ccc(C(=O)N(CCc2c[nH]c3ccccc23)Cc2ccc3c(c2)OCO3)cc1[N+](=O)[O-]. The van der Waals surface area contributed by atoms with E-state index in [4.69, 9.17) is 9.47 Å². The van der Waals surface area contributed by atoms with Crippen LogP contribution in [0.3, 0.4) is 0 Å². The van der Waals surface area contributed by atoms with Gasteiger partial charge in [-0.25, -0.2) is 0 Å². The summed E-state index contributed by atoms with van der Waals surface area (Å²) in [4.78, 5) is 29.5. The third-order valence-electron chi connectivity index (χ3n) is 6.08. The number of nitro groups is 1. The van der Waals surface area contributed by atoms with E-state index in [2.05, 4.69) is 11.1 Å². The molecule has 0 saturated heterocycles. The third kappa shape index (κ3) is 4.17. The molecule has 1 N–H and O–H groups in total. The summed E-state index contributed by atoms with van der Waals surface area (Å²) in [6, 6.07) is 18.2. The van der Waals surface area contributed by atoms with Crippen LogP contribution in [0.5, 0.6) is 11.5 Å². The second-order valence-electron chi connectivity index (χ2n) is 8.28. The Hall–Kier alpha value is -4.33. The Morgan fingerprint density at radius 1 is 1.09 bits per heavy atom. The molecule has 1 aromatic heterocycles. The molecule has 0 aliphatic carbocycles. The highest BCUT2D eigenvalue weighted by molar-refractivity contribution is 5.95. The predicted octanol–water partition coefficient (Wildman–Crippen LogP) is 5.00. The van der Waals surface area contributed by atoms with Crippen molar-refractivity contribution in [2.45, 2.75) is 19.9 Å². The maximum atomic E-state index is 13.5. The molecular formula is C26H23N3O5. The van der Waals surface area contributed by atoms with E-state index < -0.39 is 4.92 Å². The van der Waals surface area contributed by atoms with Crippen LogP contribution in [0.4, 0.5) is 5.69 Å². The van der Waals surface area contributed by atoms with Gasteiger partial charge in [0, 0.05) is 47.4 Å². The highest BCUT2D eigenvalue weighted by atomic mass is 16.7. The minimum Gasteiger partial charge on any atom is -0.454 e. The van der Waals surface area contributed by atoms with Crippen molar-refractivity contribution in [3.8, 4) is 11.5 Å². The van der Waals surface area contributed by atoms with Crippen molar-refractivity contribution < 1.29 is 19.2 Å². The fourth-order valence-electron chi connectivity index (χ4n) is 4.23. The number of aromatic nitrogens is 1. The first kappa shape index (κ1) is 21.5. The van der Waals surface area contributed by atoms with E-state index >= 15 is 0 Å². The van der Waals surface area contributed by atoms with E-state index in [1.54, 1.807) is 24.0 Å². The maximum absolute atomic E-state index is 13.5. The van der Waals surface area contributed by atoms with Crippen LogP contribution in [0.25, 0.3) is 10.9 Å². The van der Waals surface area contributed by atoms with Crippen molar-refractivity contribution in [2.75, 3.05) is 13.3 Å². The molecule has 0 unspecified atom stereocenters. The lowest BCUT2D eigenvalue weighted by Crippen LogP contribution is -2.32. The fraction of sp³-hybridized carbons (Fsp3) is 0.192. The lowest BCUT2D eigenvalue weighted by Gasteiger charge is -2.23. The molecule has 3 aromatic carbocycles. The smallest absolute Gasteiger partial charge is 0.273 e. The van der Waals surface area contributed by atoms with Gasteiger partial charge in [0.05, 0.1) is 4.92 Å². The van der Waals surface area contributed by atoms with Crippen molar-refractivity contribution in [1.29, 1.82) is 0 Å². The molecule has 0 fully saturated rings. The number of nitrogens with zero attached hydrogens (tertiary/aromatic N) is 2. The Balaban J connectivity index is 1.44. The molecule has 0 bridgehead atoms. The summed E-state index contributed by atoms with van der Waals surface area (Å²) < 4.78 is 10.9. The van der Waals surface area contributed by atoms with E-state index in [0.29, 0.717) is 36.6 Å². The van der Waals surface area contributed by atoms with Gasteiger partial charge in [-0.2, -0.15) is 0 Å². The zero-order valence-corrected chi connectivity index (χ0v) is 18.6. The highest BCUT2D eigenvalue weighted by Gasteiger charge is 2.22. The number of hydrogen-bond acceptors (Lipinski definition) is 5. The van der Waals surface area contributed by atoms with Crippen molar-refractivity contribution in [1.82, 2.24) is 9.88 Å². The summed E-state index contributed by atoms with van der Waals surface area (Å²) in [7, 11) is 0. The van der Waals surface area contributed by atoms with Crippen LogP contribution in [0.15, 0.2) is 66.9 Å². The number of para-hydroxylation sites is 1. The van der Waals surface area contributed by atoms with Gasteiger partial charge < -0.3 is 19.4 Å². The Kier molecular flexibility index (Phi) is 5.63. The molecule has 1 amide bonds. The van der Waals surface area contributed by atoms with Crippen molar-refractivity contribution in [2.24, 2.45) is 0 Å². The van der Waals surface area contributed by atoms with Crippen molar-refractivity contribution in [3.63, 3.8) is 0 Å². The van der Waals surface area contributed by atoms with Gasteiger partial charge in [0.15, 0.2) is 11.5 Å². The van der Waals surface area contributed by atoms with Gasteiger partial charge in [-0.15, -0.1) is 0 Å². The van der Waals surface area contributed by atoms with E-state index in [0.717, 1.165) is 22.0 Å². The summed E-state index contributed by atoms with van der Waals surface area (Å²) in [6.07, 6.45) is 2.60. The van der Waals surface area contributed by atoms with Crippen LogP contribution in [0.2, 0.25) is 0 Å². The van der Waals surface area contributed by atoms with Crippen molar-refractivity contribution >= 4 is 22.5 Å². The number of hydrogen-bond donors (Lipinski definition) is 1. The molecule has 8 nitrogen and oxygen atoms in total. The van der Waals surface area contributed by atoms with E-state index in [1.165, 1.54) is 6.07 Å². The van der Waals surface area contributed by atoms with Gasteiger partial charge in [0.25, 0.3) is 11.6 Å². The van der Waals surface area contributed by atoms with Crippen LogP contribution >= 0.6 is 0 Å². The Bertz CT molecular complexity index is 1390. The van der Waals surface area contributed by atoms with Gasteiger partial charge in [0.1, 0.15) is 0 Å². The number of carbonyl (C=O) groups excluding carboxylic acids is 1. The Labute approximate surface area is 195 Å². The first-order valence-electron chi connectivity index (χ1n) is 11.0. The average Bonchev–Trinajstić information content (AvgIpc) is 3.48. The summed E-state index contributed by atoms with van der Waals surface area (Å²) in [5.74, 6) is 1.06. The minimum atomic E-state index is -0.458. The number of H-pyrrole nitrogens is 1. The zero-order valence-electron chi connectivity index (χ0n) is 18.6. The molecule has 0 saturated carbocycles. The van der Waals surface area contributed by atoms with E-state index in [-0.39, 0.29) is 24.0 Å².